The number of aliphatic hydroxyl groups excluding tert-OH is 1. The van der Waals surface area contributed by atoms with Gasteiger partial charge in [0.25, 0.3) is 0 Å². The summed E-state index contributed by atoms with van der Waals surface area (Å²) < 4.78 is 0. The van der Waals surface area contributed by atoms with E-state index in [0.717, 1.165) is 31.2 Å². The van der Waals surface area contributed by atoms with E-state index in [1.807, 2.05) is 11.3 Å². The number of hydrogen-bond donors (Lipinski definition) is 1. The van der Waals surface area contributed by atoms with Crippen LogP contribution in [0.4, 0.5) is 0 Å². The zero-order valence-corrected chi connectivity index (χ0v) is 12.9. The zero-order chi connectivity index (χ0) is 13.6. The lowest BCUT2D eigenvalue weighted by molar-refractivity contribution is 0.158. The molecule has 1 aromatic rings. The summed E-state index contributed by atoms with van der Waals surface area (Å²) in [6.07, 6.45) is 4.57. The predicted octanol–water partition coefficient (Wildman–Crippen LogP) is 2.74. The van der Waals surface area contributed by atoms with Gasteiger partial charge in [0.05, 0.1) is 18.3 Å². The Labute approximate surface area is 119 Å². The number of fused-ring (bicyclic) bond motifs is 1. The van der Waals surface area contributed by atoms with Crippen LogP contribution in [0.3, 0.4) is 0 Å². The van der Waals surface area contributed by atoms with Crippen molar-refractivity contribution in [2.45, 2.75) is 58.2 Å². The number of hydrogen-bond acceptors (Lipinski definition) is 4. The fourth-order valence-electron chi connectivity index (χ4n) is 3.86. The molecular formula is C15H24N2OS. The van der Waals surface area contributed by atoms with Gasteiger partial charge in [-0.25, -0.2) is 4.98 Å². The maximum atomic E-state index is 9.71. The molecule has 0 spiro atoms. The highest BCUT2D eigenvalue weighted by molar-refractivity contribution is 7.11. The lowest BCUT2D eigenvalue weighted by Crippen LogP contribution is -2.29. The van der Waals surface area contributed by atoms with Gasteiger partial charge >= 0.3 is 0 Å². The van der Waals surface area contributed by atoms with Crippen molar-refractivity contribution in [3.63, 3.8) is 0 Å². The first-order valence-electron chi connectivity index (χ1n) is 7.34. The fourth-order valence-corrected chi connectivity index (χ4v) is 4.86. The van der Waals surface area contributed by atoms with E-state index in [1.54, 1.807) is 0 Å². The summed E-state index contributed by atoms with van der Waals surface area (Å²) >= 11 is 1.83. The molecular weight excluding hydrogens is 256 g/mol. The van der Waals surface area contributed by atoms with Crippen LogP contribution >= 0.6 is 11.3 Å². The van der Waals surface area contributed by atoms with Crippen molar-refractivity contribution in [2.75, 3.05) is 7.05 Å². The summed E-state index contributed by atoms with van der Waals surface area (Å²) in [5, 5.41) is 11.0. The van der Waals surface area contributed by atoms with Crippen molar-refractivity contribution in [1.29, 1.82) is 0 Å². The third-order valence-corrected chi connectivity index (χ3v) is 6.10. The van der Waals surface area contributed by atoms with Crippen molar-refractivity contribution in [2.24, 2.45) is 11.8 Å². The summed E-state index contributed by atoms with van der Waals surface area (Å²) in [7, 11) is 2.23. The second-order valence-electron chi connectivity index (χ2n) is 6.43. The Hall–Kier alpha value is -0.450. The quantitative estimate of drug-likeness (QED) is 0.925. The summed E-state index contributed by atoms with van der Waals surface area (Å²) in [5.41, 5.74) is 1.18. The van der Waals surface area contributed by atoms with E-state index in [4.69, 9.17) is 0 Å². The molecule has 0 bridgehead atoms. The lowest BCUT2D eigenvalue weighted by atomic mass is 10.0. The van der Waals surface area contributed by atoms with E-state index in [2.05, 4.69) is 30.8 Å². The molecule has 3 rings (SSSR count). The standard InChI is InChI=1S/C15H24N2OS/c1-9-10(2)19-15(16-9)8-17(3)13-4-11-6-14(18)7-12(11)5-13/h11-14,18H,4-8H2,1-3H3/t11-,12+,13?,14?. The molecule has 106 valence electrons. The maximum absolute atomic E-state index is 9.71. The molecule has 0 radical (unpaired) electrons. The van der Waals surface area contributed by atoms with Crippen LogP contribution in [0.1, 0.15) is 41.3 Å². The lowest BCUT2D eigenvalue weighted by Gasteiger charge is -2.24. The van der Waals surface area contributed by atoms with Crippen LogP contribution < -0.4 is 0 Å². The molecule has 1 aromatic heterocycles. The summed E-state index contributed by atoms with van der Waals surface area (Å²) in [6.45, 7) is 5.22. The monoisotopic (exact) mass is 280 g/mol. The summed E-state index contributed by atoms with van der Waals surface area (Å²) in [4.78, 5) is 8.46. The fraction of sp³-hybridized carbons (Fsp3) is 0.800. The van der Waals surface area contributed by atoms with Gasteiger partial charge in [-0.05, 0) is 58.4 Å². The minimum absolute atomic E-state index is 0.0227. The van der Waals surface area contributed by atoms with Crippen molar-refractivity contribution in [3.05, 3.63) is 15.6 Å². The van der Waals surface area contributed by atoms with Crippen LogP contribution in [0.15, 0.2) is 0 Å². The number of aromatic nitrogens is 1. The molecule has 2 aliphatic carbocycles. The zero-order valence-electron chi connectivity index (χ0n) is 12.1. The largest absolute Gasteiger partial charge is 0.393 e. The highest BCUT2D eigenvalue weighted by Gasteiger charge is 2.42. The smallest absolute Gasteiger partial charge is 0.107 e. The van der Waals surface area contributed by atoms with Crippen molar-refractivity contribution >= 4 is 11.3 Å². The predicted molar refractivity (Wildman–Crippen MR) is 78.3 cm³/mol. The van der Waals surface area contributed by atoms with Crippen molar-refractivity contribution in [3.8, 4) is 0 Å². The maximum Gasteiger partial charge on any atom is 0.107 e. The Morgan fingerprint density at radius 3 is 2.37 bits per heavy atom. The first kappa shape index (κ1) is 13.5. The molecule has 2 fully saturated rings. The third-order valence-electron chi connectivity index (χ3n) is 5.05. The molecule has 0 aliphatic heterocycles. The molecule has 4 atom stereocenters. The SMILES string of the molecule is Cc1nc(CN(C)C2C[C@H]3CC(O)C[C@H]3C2)sc1C. The Morgan fingerprint density at radius 1 is 1.21 bits per heavy atom. The second kappa shape index (κ2) is 5.15. The van der Waals surface area contributed by atoms with E-state index in [9.17, 15) is 5.11 Å². The van der Waals surface area contributed by atoms with Gasteiger partial charge in [0.2, 0.25) is 0 Å². The highest BCUT2D eigenvalue weighted by atomic mass is 32.1. The minimum Gasteiger partial charge on any atom is -0.393 e. The topological polar surface area (TPSA) is 36.4 Å². The molecule has 0 amide bonds. The van der Waals surface area contributed by atoms with Gasteiger partial charge in [0, 0.05) is 10.9 Å². The van der Waals surface area contributed by atoms with E-state index < -0.39 is 0 Å². The van der Waals surface area contributed by atoms with E-state index in [-0.39, 0.29) is 6.10 Å². The Kier molecular flexibility index (Phi) is 3.67. The number of aliphatic hydroxyl groups is 1. The van der Waals surface area contributed by atoms with Gasteiger partial charge in [-0.1, -0.05) is 0 Å². The molecule has 2 aliphatic rings. The van der Waals surface area contributed by atoms with Crippen LogP contribution in [-0.4, -0.2) is 34.2 Å². The van der Waals surface area contributed by atoms with Crippen LogP contribution in [0.25, 0.3) is 0 Å². The summed E-state index contributed by atoms with van der Waals surface area (Å²) in [6, 6.07) is 0.687. The molecule has 1 heterocycles. The van der Waals surface area contributed by atoms with E-state index in [1.165, 1.54) is 28.4 Å². The number of rotatable bonds is 3. The first-order chi connectivity index (χ1) is 9.02. The van der Waals surface area contributed by atoms with Crippen molar-refractivity contribution in [1.82, 2.24) is 9.88 Å². The molecule has 19 heavy (non-hydrogen) atoms. The van der Waals surface area contributed by atoms with Crippen molar-refractivity contribution < 1.29 is 5.11 Å². The molecule has 1 N–H and O–H groups in total. The van der Waals surface area contributed by atoms with Gasteiger partial charge in [-0.2, -0.15) is 0 Å². The van der Waals surface area contributed by atoms with Crippen LogP contribution in [0.2, 0.25) is 0 Å². The molecule has 3 nitrogen and oxygen atoms in total. The number of nitrogens with zero attached hydrogens (tertiary/aromatic N) is 2. The van der Waals surface area contributed by atoms with Gasteiger partial charge in [0.15, 0.2) is 0 Å². The van der Waals surface area contributed by atoms with E-state index in [0.29, 0.717) is 6.04 Å². The van der Waals surface area contributed by atoms with Gasteiger partial charge in [-0.3, -0.25) is 4.90 Å². The molecule has 0 aromatic carbocycles. The first-order valence-corrected chi connectivity index (χ1v) is 8.15. The van der Waals surface area contributed by atoms with Gasteiger partial charge < -0.3 is 5.11 Å². The average Bonchev–Trinajstić information content (AvgIpc) is 2.93. The summed E-state index contributed by atoms with van der Waals surface area (Å²) in [5.74, 6) is 1.53. The molecule has 2 unspecified atom stereocenters. The highest BCUT2D eigenvalue weighted by Crippen LogP contribution is 2.45. The normalized spacial score (nSPS) is 34.2. The average molecular weight is 280 g/mol. The number of aryl methyl sites for hydroxylation is 2. The van der Waals surface area contributed by atoms with Crippen LogP contribution in [-0.2, 0) is 6.54 Å². The number of thiazole rings is 1. The molecule has 0 saturated heterocycles. The third kappa shape index (κ3) is 2.71. The minimum atomic E-state index is -0.0227. The molecule has 2 saturated carbocycles. The Morgan fingerprint density at radius 2 is 1.84 bits per heavy atom. The van der Waals surface area contributed by atoms with Gasteiger partial charge in [0.1, 0.15) is 5.01 Å². The van der Waals surface area contributed by atoms with Crippen LogP contribution in [0.5, 0.6) is 0 Å². The van der Waals surface area contributed by atoms with E-state index >= 15 is 0 Å². The van der Waals surface area contributed by atoms with Gasteiger partial charge in [-0.15, -0.1) is 11.3 Å². The Balaban J connectivity index is 1.58. The Bertz CT molecular complexity index is 425. The molecule has 4 heteroatoms. The van der Waals surface area contributed by atoms with Crippen LogP contribution in [0, 0.1) is 25.7 Å². The second-order valence-corrected chi connectivity index (χ2v) is 7.72.